The first-order valence-electron chi connectivity index (χ1n) is 12.5. The molecule has 37 heavy (non-hydrogen) atoms. The van der Waals surface area contributed by atoms with Gasteiger partial charge in [0.05, 0.1) is 11.6 Å². The van der Waals surface area contributed by atoms with E-state index in [1.54, 1.807) is 13.0 Å². The predicted octanol–water partition coefficient (Wildman–Crippen LogP) is 7.83. The Morgan fingerprint density at radius 3 is 2.43 bits per heavy atom. The molecule has 0 aliphatic heterocycles. The second kappa shape index (κ2) is 9.28. The number of nitrogens with one attached hydrogen (secondary N) is 1. The van der Waals surface area contributed by atoms with Crippen LogP contribution in [0.25, 0.3) is 55.0 Å². The molecular formula is C31H27N2O3P. The van der Waals surface area contributed by atoms with Crippen LogP contribution >= 0.6 is 7.60 Å². The van der Waals surface area contributed by atoms with E-state index in [2.05, 4.69) is 59.6 Å². The second-order valence-corrected chi connectivity index (χ2v) is 11.1. The summed E-state index contributed by atoms with van der Waals surface area (Å²) in [5, 5.41) is 4.23. The molecule has 2 aromatic heterocycles. The molecule has 0 saturated heterocycles. The molecule has 2 unspecified atom stereocenters. The van der Waals surface area contributed by atoms with Crippen molar-refractivity contribution in [2.75, 3.05) is 0 Å². The van der Waals surface area contributed by atoms with Crippen molar-refractivity contribution in [2.24, 2.45) is 0 Å². The van der Waals surface area contributed by atoms with Crippen LogP contribution in [-0.4, -0.2) is 21.0 Å². The Kier molecular flexibility index (Phi) is 5.92. The fourth-order valence-electron chi connectivity index (χ4n) is 4.80. The summed E-state index contributed by atoms with van der Waals surface area (Å²) in [6.45, 7) is 3.71. The summed E-state index contributed by atoms with van der Waals surface area (Å²) in [4.78, 5) is 19.0. The fraction of sp³-hybridized carbons (Fsp3) is 0.129. The highest BCUT2D eigenvalue weighted by Gasteiger charge is 2.28. The molecule has 0 radical (unpaired) electrons. The second-order valence-electron chi connectivity index (χ2n) is 9.41. The third-order valence-electron chi connectivity index (χ3n) is 6.89. The maximum atomic E-state index is 13.1. The van der Waals surface area contributed by atoms with Gasteiger partial charge in [0.2, 0.25) is 0 Å². The highest BCUT2D eigenvalue weighted by Crippen LogP contribution is 2.43. The molecule has 6 heteroatoms. The van der Waals surface area contributed by atoms with Gasteiger partial charge >= 0.3 is 7.60 Å². The Bertz CT molecular complexity index is 1790. The first-order valence-corrected chi connectivity index (χ1v) is 14.0. The maximum absolute atomic E-state index is 13.1. The number of rotatable bonds is 6. The van der Waals surface area contributed by atoms with Crippen LogP contribution in [-0.2, 0) is 9.09 Å². The van der Waals surface area contributed by atoms with Crippen molar-refractivity contribution < 1.29 is 14.0 Å². The zero-order valence-corrected chi connectivity index (χ0v) is 21.6. The van der Waals surface area contributed by atoms with Gasteiger partial charge in [0.15, 0.2) is 5.44 Å². The van der Waals surface area contributed by atoms with Crippen molar-refractivity contribution >= 4 is 45.6 Å². The Morgan fingerprint density at radius 1 is 0.865 bits per heavy atom. The van der Waals surface area contributed by atoms with Gasteiger partial charge in [-0.25, -0.2) is 4.98 Å². The minimum atomic E-state index is -4.09. The van der Waals surface area contributed by atoms with E-state index in [1.165, 1.54) is 0 Å². The summed E-state index contributed by atoms with van der Waals surface area (Å²) < 4.78 is 18.7. The SMILES string of the molecule is CCC(C)OP(=O)(O)c1ccc2cc(-c3cc4ccccc4[nH]3)cc(-c3cccc4ccccc34)c2n1. The first kappa shape index (κ1) is 23.6. The van der Waals surface area contributed by atoms with Crippen LogP contribution in [0.3, 0.4) is 0 Å². The van der Waals surface area contributed by atoms with Crippen LogP contribution in [0.4, 0.5) is 0 Å². The van der Waals surface area contributed by atoms with Gasteiger partial charge in [-0.1, -0.05) is 73.7 Å². The van der Waals surface area contributed by atoms with Crippen LogP contribution in [0.5, 0.6) is 0 Å². The molecule has 6 rings (SSSR count). The van der Waals surface area contributed by atoms with Crippen LogP contribution in [0.1, 0.15) is 20.3 Å². The zero-order chi connectivity index (χ0) is 25.6. The Hall–Kier alpha value is -3.76. The van der Waals surface area contributed by atoms with E-state index >= 15 is 0 Å². The molecule has 2 N–H and O–H groups in total. The standard InChI is InChI=1S/C31H27N2O3P/c1-3-20(2)36-37(34,35)30-16-15-23-17-24(29-19-22-10-5-7-14-28(22)32-29)18-27(31(23)33-30)26-13-8-11-21-9-4-6-12-25(21)26/h4-20,32H,3H2,1-2H3,(H,34,35). The number of H-pyrrole nitrogens is 1. The molecule has 0 fully saturated rings. The monoisotopic (exact) mass is 506 g/mol. The molecule has 184 valence electrons. The molecule has 6 aromatic rings. The summed E-state index contributed by atoms with van der Waals surface area (Å²) in [6.07, 6.45) is 0.281. The van der Waals surface area contributed by atoms with Crippen molar-refractivity contribution in [1.29, 1.82) is 0 Å². The van der Waals surface area contributed by atoms with Crippen LogP contribution in [0.2, 0.25) is 0 Å². The van der Waals surface area contributed by atoms with Crippen molar-refractivity contribution in [3.05, 3.63) is 97.1 Å². The predicted molar refractivity (Wildman–Crippen MR) is 152 cm³/mol. The lowest BCUT2D eigenvalue weighted by Gasteiger charge is -2.18. The highest BCUT2D eigenvalue weighted by atomic mass is 31.2. The van der Waals surface area contributed by atoms with Crippen LogP contribution in [0, 0.1) is 0 Å². The van der Waals surface area contributed by atoms with Gasteiger partial charge in [-0.3, -0.25) is 4.57 Å². The third-order valence-corrected chi connectivity index (χ3v) is 8.36. The number of hydrogen-bond donors (Lipinski definition) is 2. The van der Waals surface area contributed by atoms with Gasteiger partial charge in [-0.05, 0) is 65.6 Å². The molecule has 4 aromatic carbocycles. The Labute approximate surface area is 215 Å². The summed E-state index contributed by atoms with van der Waals surface area (Å²) in [6, 6.07) is 32.4. The van der Waals surface area contributed by atoms with Gasteiger partial charge in [0.25, 0.3) is 0 Å². The molecule has 0 spiro atoms. The quantitative estimate of drug-likeness (QED) is 0.226. The van der Waals surface area contributed by atoms with Gasteiger partial charge in [-0.15, -0.1) is 0 Å². The molecule has 0 amide bonds. The van der Waals surface area contributed by atoms with E-state index in [-0.39, 0.29) is 11.5 Å². The first-order chi connectivity index (χ1) is 17.9. The number of aromatic amines is 1. The van der Waals surface area contributed by atoms with E-state index in [0.717, 1.165) is 49.4 Å². The van der Waals surface area contributed by atoms with Crippen LogP contribution in [0.15, 0.2) is 97.1 Å². The number of hydrogen-bond acceptors (Lipinski definition) is 3. The van der Waals surface area contributed by atoms with E-state index in [0.29, 0.717) is 11.9 Å². The molecular weight excluding hydrogens is 479 g/mol. The topological polar surface area (TPSA) is 75.2 Å². The van der Waals surface area contributed by atoms with E-state index < -0.39 is 7.60 Å². The van der Waals surface area contributed by atoms with Crippen molar-refractivity contribution in [1.82, 2.24) is 9.97 Å². The average Bonchev–Trinajstić information content (AvgIpc) is 3.36. The minimum Gasteiger partial charge on any atom is -0.355 e. The molecule has 0 aliphatic carbocycles. The largest absolute Gasteiger partial charge is 0.377 e. The van der Waals surface area contributed by atoms with Gasteiger partial charge < -0.3 is 14.4 Å². The molecule has 0 saturated carbocycles. The number of benzene rings is 4. The summed E-state index contributed by atoms with van der Waals surface area (Å²) in [5.41, 5.74) is 5.72. The van der Waals surface area contributed by atoms with Gasteiger partial charge in [0, 0.05) is 27.5 Å². The number of para-hydroxylation sites is 1. The lowest BCUT2D eigenvalue weighted by Crippen LogP contribution is -2.16. The Balaban J connectivity index is 1.62. The van der Waals surface area contributed by atoms with E-state index in [9.17, 15) is 9.46 Å². The third kappa shape index (κ3) is 4.36. The minimum absolute atomic E-state index is 0.0557. The summed E-state index contributed by atoms with van der Waals surface area (Å²) in [5.74, 6) is 0. The zero-order valence-electron chi connectivity index (χ0n) is 20.7. The number of nitrogens with zero attached hydrogens (tertiary/aromatic N) is 1. The normalized spacial score (nSPS) is 14.2. The lowest BCUT2D eigenvalue weighted by molar-refractivity contribution is 0.192. The molecule has 2 heterocycles. The molecule has 0 aliphatic rings. The number of aromatic nitrogens is 2. The molecule has 2 atom stereocenters. The molecule has 0 bridgehead atoms. The summed E-state index contributed by atoms with van der Waals surface area (Å²) in [7, 11) is -4.09. The molecule has 5 nitrogen and oxygen atoms in total. The van der Waals surface area contributed by atoms with Gasteiger partial charge in [-0.2, -0.15) is 0 Å². The lowest BCUT2D eigenvalue weighted by atomic mass is 9.94. The highest BCUT2D eigenvalue weighted by molar-refractivity contribution is 7.61. The fourth-order valence-corrected chi connectivity index (χ4v) is 6.04. The number of fused-ring (bicyclic) bond motifs is 3. The average molecular weight is 507 g/mol. The van der Waals surface area contributed by atoms with Crippen molar-refractivity contribution in [3.63, 3.8) is 0 Å². The van der Waals surface area contributed by atoms with Crippen molar-refractivity contribution in [3.8, 4) is 22.4 Å². The van der Waals surface area contributed by atoms with Gasteiger partial charge in [0.1, 0.15) is 0 Å². The number of pyridine rings is 1. The van der Waals surface area contributed by atoms with Crippen molar-refractivity contribution in [2.45, 2.75) is 26.4 Å². The smallest absolute Gasteiger partial charge is 0.355 e. The maximum Gasteiger partial charge on any atom is 0.377 e. The van der Waals surface area contributed by atoms with E-state index in [4.69, 9.17) is 9.51 Å². The summed E-state index contributed by atoms with van der Waals surface area (Å²) >= 11 is 0. The van der Waals surface area contributed by atoms with E-state index in [1.807, 2.05) is 43.3 Å². The van der Waals surface area contributed by atoms with Crippen LogP contribution < -0.4 is 5.44 Å². The Morgan fingerprint density at radius 2 is 1.62 bits per heavy atom.